The SMILES string of the molecule is O=CC1C[C@@H](NC(=O)C2CCSCC2)[C@@H]2CCc3cc(C(F)(C(F)(F)F)C(F)(F)F)ccc3[C@@]12S(=O)(=O)c1ccc(F)cc1. The molecule has 2 aromatic carbocycles. The quantitative estimate of drug-likeness (QED) is 0.226. The number of amides is 1. The van der Waals surface area contributed by atoms with E-state index in [1.807, 2.05) is 0 Å². The Labute approximate surface area is 252 Å². The number of fused-ring (bicyclic) bond motifs is 3. The number of alkyl halides is 7. The van der Waals surface area contributed by atoms with Gasteiger partial charge in [0.15, 0.2) is 9.84 Å². The van der Waals surface area contributed by atoms with Gasteiger partial charge in [-0.2, -0.15) is 38.1 Å². The van der Waals surface area contributed by atoms with Gasteiger partial charge in [-0.25, -0.2) is 17.2 Å². The van der Waals surface area contributed by atoms with Crippen LogP contribution in [0.1, 0.15) is 42.4 Å². The van der Waals surface area contributed by atoms with Crippen LogP contribution in [0.2, 0.25) is 0 Å². The standard InChI is InChI=1S/C29H27F8NO4S2/c30-20-3-5-21(6-4-20)44(41,42)26-19(15-39)14-24(38-25(40)16-9-11-43-12-10-16)23(26)7-1-17-13-18(2-8-22(17)26)27(31,28(32,33)34)29(35,36)37/h2-6,8,13,15-16,19,23-24H,1,7,9-12,14H2,(H,38,40)/t19?,23-,24+,26-/m0/s1. The van der Waals surface area contributed by atoms with Gasteiger partial charge in [-0.15, -0.1) is 0 Å². The van der Waals surface area contributed by atoms with Crippen LogP contribution in [0.25, 0.3) is 0 Å². The molecule has 0 spiro atoms. The minimum Gasteiger partial charge on any atom is -0.353 e. The number of hydrogen-bond donors (Lipinski definition) is 1. The molecule has 2 fully saturated rings. The van der Waals surface area contributed by atoms with E-state index in [9.17, 15) is 48.7 Å². The van der Waals surface area contributed by atoms with E-state index < -0.39 is 66.8 Å². The van der Waals surface area contributed by atoms with Crippen LogP contribution in [0.4, 0.5) is 35.1 Å². The Hall–Kier alpha value is -2.68. The molecule has 0 aromatic heterocycles. The Morgan fingerprint density at radius 2 is 1.55 bits per heavy atom. The number of aryl methyl sites for hydroxylation is 1. The third-order valence-corrected chi connectivity index (χ3v) is 12.8. The van der Waals surface area contributed by atoms with E-state index in [0.29, 0.717) is 31.3 Å². The van der Waals surface area contributed by atoms with Gasteiger partial charge in [-0.05, 0) is 79.0 Å². The smallest absolute Gasteiger partial charge is 0.353 e. The summed E-state index contributed by atoms with van der Waals surface area (Å²) in [6, 6.07) is 4.06. The van der Waals surface area contributed by atoms with E-state index in [0.717, 1.165) is 35.8 Å². The third kappa shape index (κ3) is 4.92. The molecule has 1 amide bonds. The van der Waals surface area contributed by atoms with Crippen molar-refractivity contribution in [2.75, 3.05) is 11.5 Å². The summed E-state index contributed by atoms with van der Waals surface area (Å²) in [4.78, 5) is 25.4. The van der Waals surface area contributed by atoms with Crippen LogP contribution in [0, 0.1) is 23.6 Å². The van der Waals surface area contributed by atoms with Crippen molar-refractivity contribution in [2.45, 2.75) is 65.8 Å². The van der Waals surface area contributed by atoms with Gasteiger partial charge in [-0.3, -0.25) is 4.79 Å². The van der Waals surface area contributed by atoms with Gasteiger partial charge in [0.1, 0.15) is 16.9 Å². The van der Waals surface area contributed by atoms with Gasteiger partial charge in [0.2, 0.25) is 5.91 Å². The highest BCUT2D eigenvalue weighted by Crippen LogP contribution is 2.61. The molecular weight excluding hydrogens is 642 g/mol. The highest BCUT2D eigenvalue weighted by molar-refractivity contribution is 7.99. The molecule has 44 heavy (non-hydrogen) atoms. The summed E-state index contributed by atoms with van der Waals surface area (Å²) in [5.41, 5.74) is -8.08. The lowest BCUT2D eigenvalue weighted by Crippen LogP contribution is -2.53. The zero-order chi connectivity index (χ0) is 32.3. The van der Waals surface area contributed by atoms with Gasteiger partial charge >= 0.3 is 18.0 Å². The number of thioether (sulfide) groups is 1. The number of hydrogen-bond acceptors (Lipinski definition) is 5. The number of aldehydes is 1. The molecule has 1 N–H and O–H groups in total. The summed E-state index contributed by atoms with van der Waals surface area (Å²) in [7, 11) is -4.74. The predicted molar refractivity (Wildman–Crippen MR) is 145 cm³/mol. The summed E-state index contributed by atoms with van der Waals surface area (Å²) < 4.78 is 137. The molecule has 5 rings (SSSR count). The van der Waals surface area contributed by atoms with E-state index in [1.54, 1.807) is 11.8 Å². The first kappa shape index (κ1) is 32.7. The molecule has 4 atom stereocenters. The topological polar surface area (TPSA) is 80.3 Å². The number of carbonyl (C=O) groups is 2. The lowest BCUT2D eigenvalue weighted by molar-refractivity contribution is -0.348. The van der Waals surface area contributed by atoms with Crippen molar-refractivity contribution in [1.82, 2.24) is 5.32 Å². The summed E-state index contributed by atoms with van der Waals surface area (Å²) in [6.45, 7) is 0. The molecule has 0 bridgehead atoms. The van der Waals surface area contributed by atoms with Crippen LogP contribution in [-0.2, 0) is 36.3 Å². The van der Waals surface area contributed by atoms with Crippen LogP contribution < -0.4 is 5.32 Å². The maximum atomic E-state index is 15.0. The maximum absolute atomic E-state index is 15.0. The zero-order valence-electron chi connectivity index (χ0n) is 22.9. The van der Waals surface area contributed by atoms with E-state index in [-0.39, 0.29) is 48.3 Å². The summed E-state index contributed by atoms with van der Waals surface area (Å²) in [5, 5.41) is 2.89. The molecule has 1 aliphatic heterocycles. The first-order chi connectivity index (χ1) is 20.5. The highest BCUT2D eigenvalue weighted by Gasteiger charge is 2.74. The van der Waals surface area contributed by atoms with Crippen LogP contribution in [0.3, 0.4) is 0 Å². The summed E-state index contributed by atoms with van der Waals surface area (Å²) >= 11 is 1.68. The fourth-order valence-electron chi connectivity index (χ4n) is 7.13. The van der Waals surface area contributed by atoms with Gasteiger partial charge in [0, 0.05) is 29.4 Å². The number of rotatable bonds is 6. The molecule has 240 valence electrons. The summed E-state index contributed by atoms with van der Waals surface area (Å²) in [6.07, 6.45) is -11.9. The predicted octanol–water partition coefficient (Wildman–Crippen LogP) is 6.19. The Kier molecular flexibility index (Phi) is 8.39. The Balaban J connectivity index is 1.70. The van der Waals surface area contributed by atoms with Crippen LogP contribution in [-0.4, -0.2) is 50.5 Å². The lowest BCUT2D eigenvalue weighted by atomic mass is 9.71. The Morgan fingerprint density at radius 1 is 0.932 bits per heavy atom. The first-order valence-corrected chi connectivity index (χ1v) is 16.4. The third-order valence-electron chi connectivity index (χ3n) is 9.18. The minimum absolute atomic E-state index is 0.163. The van der Waals surface area contributed by atoms with Crippen LogP contribution in [0.5, 0.6) is 0 Å². The molecule has 5 nitrogen and oxygen atoms in total. The molecule has 1 saturated carbocycles. The second-order valence-electron chi connectivity index (χ2n) is 11.4. The summed E-state index contributed by atoms with van der Waals surface area (Å²) in [5.74, 6) is -2.42. The zero-order valence-corrected chi connectivity index (χ0v) is 24.5. The fraction of sp³-hybridized carbons (Fsp3) is 0.517. The lowest BCUT2D eigenvalue weighted by Gasteiger charge is -2.44. The molecular formula is C29H27F8NO4S2. The minimum atomic E-state index is -6.39. The largest absolute Gasteiger partial charge is 0.435 e. The number of halogens is 8. The van der Waals surface area contributed by atoms with Gasteiger partial charge < -0.3 is 10.1 Å². The fourth-order valence-corrected chi connectivity index (χ4v) is 10.8. The molecule has 2 aromatic rings. The average molecular weight is 670 g/mol. The number of carbonyl (C=O) groups excluding carboxylic acids is 2. The highest BCUT2D eigenvalue weighted by atomic mass is 32.2. The average Bonchev–Trinajstić information content (AvgIpc) is 3.30. The molecule has 3 aliphatic rings. The van der Waals surface area contributed by atoms with Crippen molar-refractivity contribution in [3.8, 4) is 0 Å². The van der Waals surface area contributed by atoms with Crippen molar-refractivity contribution in [3.05, 3.63) is 65.0 Å². The maximum Gasteiger partial charge on any atom is 0.435 e. The van der Waals surface area contributed by atoms with E-state index in [2.05, 4.69) is 5.32 Å². The number of nitrogens with one attached hydrogen (secondary N) is 1. The molecule has 0 radical (unpaired) electrons. The van der Waals surface area contributed by atoms with Crippen LogP contribution in [0.15, 0.2) is 47.4 Å². The van der Waals surface area contributed by atoms with Crippen molar-refractivity contribution in [1.29, 1.82) is 0 Å². The molecule has 2 aliphatic carbocycles. The van der Waals surface area contributed by atoms with Crippen molar-refractivity contribution in [3.63, 3.8) is 0 Å². The second-order valence-corrected chi connectivity index (χ2v) is 14.8. The van der Waals surface area contributed by atoms with E-state index >= 15 is 4.39 Å². The van der Waals surface area contributed by atoms with Crippen molar-refractivity contribution >= 4 is 33.8 Å². The first-order valence-electron chi connectivity index (χ1n) is 13.8. The van der Waals surface area contributed by atoms with Crippen molar-refractivity contribution < 1.29 is 53.1 Å². The van der Waals surface area contributed by atoms with Gasteiger partial charge in [0.25, 0.3) is 0 Å². The Morgan fingerprint density at radius 3 is 2.11 bits per heavy atom. The second kappa shape index (κ2) is 11.3. The van der Waals surface area contributed by atoms with E-state index in [1.165, 1.54) is 0 Å². The van der Waals surface area contributed by atoms with Gasteiger partial charge in [0.05, 0.1) is 4.90 Å². The molecule has 1 unspecified atom stereocenters. The van der Waals surface area contributed by atoms with Crippen molar-refractivity contribution in [2.24, 2.45) is 17.8 Å². The number of sulfone groups is 1. The van der Waals surface area contributed by atoms with E-state index in [4.69, 9.17) is 0 Å². The molecule has 1 saturated heterocycles. The molecule has 1 heterocycles. The normalized spacial score (nSPS) is 26.5. The number of benzene rings is 2. The van der Waals surface area contributed by atoms with Crippen LogP contribution >= 0.6 is 11.8 Å². The Bertz CT molecular complexity index is 1520. The van der Waals surface area contributed by atoms with Gasteiger partial charge in [-0.1, -0.05) is 18.2 Å². The molecule has 15 heteroatoms. The monoisotopic (exact) mass is 669 g/mol.